The molecule has 0 heterocycles. The molecular formula is C13H13F2NO. The lowest BCUT2D eigenvalue weighted by molar-refractivity contribution is -0.119. The van der Waals surface area contributed by atoms with Gasteiger partial charge in [0.05, 0.1) is 6.07 Å². The third-order valence-electron chi connectivity index (χ3n) is 2.45. The van der Waals surface area contributed by atoms with E-state index in [2.05, 4.69) is 0 Å². The van der Waals surface area contributed by atoms with Gasteiger partial charge in [0.15, 0.2) is 5.78 Å². The average Bonchev–Trinajstić information content (AvgIpc) is 2.26. The molecule has 17 heavy (non-hydrogen) atoms. The zero-order valence-corrected chi connectivity index (χ0v) is 9.54. The molecular weight excluding hydrogens is 224 g/mol. The second-order valence-corrected chi connectivity index (χ2v) is 3.83. The smallest absolute Gasteiger partial charge is 0.154 e. The Labute approximate surface area is 98.9 Å². The monoisotopic (exact) mass is 237 g/mol. The van der Waals surface area contributed by atoms with Crippen LogP contribution in [0.25, 0.3) is 0 Å². The van der Waals surface area contributed by atoms with Crippen molar-refractivity contribution in [3.05, 3.63) is 35.4 Å². The van der Waals surface area contributed by atoms with Crippen molar-refractivity contribution in [3.8, 4) is 6.07 Å². The largest absolute Gasteiger partial charge is 0.298 e. The molecule has 0 amide bonds. The van der Waals surface area contributed by atoms with Crippen molar-refractivity contribution in [1.82, 2.24) is 0 Å². The molecule has 1 aromatic rings. The maximum absolute atomic E-state index is 13.0. The summed E-state index contributed by atoms with van der Waals surface area (Å²) in [5.41, 5.74) is 0.0890. The molecule has 0 radical (unpaired) electrons. The minimum atomic E-state index is -1.08. The van der Waals surface area contributed by atoms with Crippen molar-refractivity contribution in [3.63, 3.8) is 0 Å². The Hall–Kier alpha value is -1.76. The van der Waals surface area contributed by atoms with Crippen molar-refractivity contribution in [2.75, 3.05) is 0 Å². The number of unbranched alkanes of at least 4 members (excludes halogenated alkanes) is 1. The zero-order chi connectivity index (χ0) is 12.8. The molecule has 0 saturated carbocycles. The predicted molar refractivity (Wildman–Crippen MR) is 59.2 cm³/mol. The van der Waals surface area contributed by atoms with Crippen LogP contribution in [0.5, 0.6) is 0 Å². The molecule has 0 aromatic heterocycles. The summed E-state index contributed by atoms with van der Waals surface area (Å²) in [6, 6.07) is 4.57. The van der Waals surface area contributed by atoms with Crippen LogP contribution in [0.15, 0.2) is 18.2 Å². The van der Waals surface area contributed by atoms with Gasteiger partial charge in [-0.3, -0.25) is 4.79 Å². The van der Waals surface area contributed by atoms with Gasteiger partial charge < -0.3 is 0 Å². The highest BCUT2D eigenvalue weighted by molar-refractivity contribution is 5.88. The first-order valence-electron chi connectivity index (χ1n) is 5.46. The SMILES string of the molecule is CCCCC(=O)C(C#N)c1cc(F)cc(F)c1. The first-order chi connectivity index (χ1) is 8.08. The molecule has 2 nitrogen and oxygen atoms in total. The number of rotatable bonds is 5. The minimum absolute atomic E-state index is 0.0890. The lowest BCUT2D eigenvalue weighted by atomic mass is 9.93. The van der Waals surface area contributed by atoms with Crippen LogP contribution in [0.3, 0.4) is 0 Å². The van der Waals surface area contributed by atoms with E-state index in [0.29, 0.717) is 12.5 Å². The summed E-state index contributed by atoms with van der Waals surface area (Å²) in [4.78, 5) is 11.7. The number of ketones is 1. The molecule has 1 atom stereocenters. The molecule has 0 bridgehead atoms. The summed E-state index contributed by atoms with van der Waals surface area (Å²) in [5, 5.41) is 8.92. The summed E-state index contributed by atoms with van der Waals surface area (Å²) in [6.07, 6.45) is 1.77. The van der Waals surface area contributed by atoms with Crippen LogP contribution in [0.4, 0.5) is 8.78 Å². The highest BCUT2D eigenvalue weighted by atomic mass is 19.1. The van der Waals surface area contributed by atoms with Crippen molar-refractivity contribution in [2.45, 2.75) is 32.1 Å². The van der Waals surface area contributed by atoms with Crippen LogP contribution in [0.2, 0.25) is 0 Å². The standard InChI is InChI=1S/C13H13F2NO/c1-2-3-4-13(17)12(8-16)9-5-10(14)7-11(15)6-9/h5-7,12H,2-4H2,1H3. The molecule has 0 saturated heterocycles. The van der Waals surface area contributed by atoms with Gasteiger partial charge in [-0.15, -0.1) is 0 Å². The molecule has 1 unspecified atom stereocenters. The predicted octanol–water partition coefficient (Wildman–Crippen LogP) is 3.33. The zero-order valence-electron chi connectivity index (χ0n) is 9.54. The van der Waals surface area contributed by atoms with Gasteiger partial charge in [-0.1, -0.05) is 13.3 Å². The number of nitrogens with zero attached hydrogens (tertiary/aromatic N) is 1. The van der Waals surface area contributed by atoms with Gasteiger partial charge in [0, 0.05) is 12.5 Å². The fraction of sp³-hybridized carbons (Fsp3) is 0.385. The molecule has 0 N–H and O–H groups in total. The molecule has 4 heteroatoms. The number of hydrogen-bond acceptors (Lipinski definition) is 2. The highest BCUT2D eigenvalue weighted by Gasteiger charge is 2.20. The van der Waals surface area contributed by atoms with Crippen LogP contribution in [-0.4, -0.2) is 5.78 Å². The van der Waals surface area contributed by atoms with E-state index < -0.39 is 17.6 Å². The van der Waals surface area contributed by atoms with Gasteiger partial charge in [-0.05, 0) is 24.1 Å². The van der Waals surface area contributed by atoms with Crippen molar-refractivity contribution in [1.29, 1.82) is 5.26 Å². The number of benzene rings is 1. The molecule has 0 aliphatic heterocycles. The van der Waals surface area contributed by atoms with E-state index in [1.165, 1.54) is 0 Å². The van der Waals surface area contributed by atoms with E-state index >= 15 is 0 Å². The van der Waals surface area contributed by atoms with Crippen LogP contribution in [-0.2, 0) is 4.79 Å². The van der Waals surface area contributed by atoms with Crippen LogP contribution in [0, 0.1) is 23.0 Å². The summed E-state index contributed by atoms with van der Waals surface area (Å²) in [5.74, 6) is -2.92. The summed E-state index contributed by atoms with van der Waals surface area (Å²) >= 11 is 0. The summed E-state index contributed by atoms with van der Waals surface area (Å²) in [6.45, 7) is 1.93. The Morgan fingerprint density at radius 1 is 1.35 bits per heavy atom. The second-order valence-electron chi connectivity index (χ2n) is 3.83. The Morgan fingerprint density at radius 2 is 1.94 bits per heavy atom. The van der Waals surface area contributed by atoms with Gasteiger partial charge in [0.1, 0.15) is 17.6 Å². The molecule has 0 aliphatic rings. The Kier molecular flexibility index (Phi) is 4.77. The summed E-state index contributed by atoms with van der Waals surface area (Å²) < 4.78 is 26.0. The van der Waals surface area contributed by atoms with E-state index in [1.54, 1.807) is 6.07 Å². The van der Waals surface area contributed by atoms with Gasteiger partial charge in [0.25, 0.3) is 0 Å². The van der Waals surface area contributed by atoms with Gasteiger partial charge >= 0.3 is 0 Å². The molecule has 90 valence electrons. The normalized spacial score (nSPS) is 11.9. The van der Waals surface area contributed by atoms with Crippen LogP contribution in [0.1, 0.15) is 37.7 Å². The fourth-order valence-corrected chi connectivity index (χ4v) is 1.57. The number of carbonyl (C=O) groups is 1. The lowest BCUT2D eigenvalue weighted by Crippen LogP contribution is -2.11. The third-order valence-corrected chi connectivity index (χ3v) is 2.45. The fourth-order valence-electron chi connectivity index (χ4n) is 1.57. The number of hydrogen-bond donors (Lipinski definition) is 0. The number of carbonyl (C=O) groups excluding carboxylic acids is 1. The van der Waals surface area contributed by atoms with Crippen molar-refractivity contribution >= 4 is 5.78 Å². The summed E-state index contributed by atoms with van der Waals surface area (Å²) in [7, 11) is 0. The molecule has 0 aliphatic carbocycles. The number of Topliss-reactive ketones (excluding diaryl/α,β-unsaturated/α-hetero) is 1. The second kappa shape index (κ2) is 6.09. The molecule has 1 rings (SSSR count). The van der Waals surface area contributed by atoms with Gasteiger partial charge in [-0.2, -0.15) is 5.26 Å². The lowest BCUT2D eigenvalue weighted by Gasteiger charge is -2.08. The van der Waals surface area contributed by atoms with E-state index in [0.717, 1.165) is 18.6 Å². The van der Waals surface area contributed by atoms with E-state index in [-0.39, 0.29) is 17.8 Å². The highest BCUT2D eigenvalue weighted by Crippen LogP contribution is 2.21. The number of halogens is 2. The van der Waals surface area contributed by atoms with Crippen LogP contribution < -0.4 is 0 Å². The first kappa shape index (κ1) is 13.3. The first-order valence-corrected chi connectivity index (χ1v) is 5.46. The number of nitriles is 1. The van der Waals surface area contributed by atoms with Crippen molar-refractivity contribution in [2.24, 2.45) is 0 Å². The Morgan fingerprint density at radius 3 is 2.41 bits per heavy atom. The Balaban J connectivity index is 2.94. The molecule has 0 spiro atoms. The maximum atomic E-state index is 13.0. The van der Waals surface area contributed by atoms with E-state index in [4.69, 9.17) is 5.26 Å². The molecule has 1 aromatic carbocycles. The topological polar surface area (TPSA) is 40.9 Å². The van der Waals surface area contributed by atoms with Gasteiger partial charge in [-0.25, -0.2) is 8.78 Å². The maximum Gasteiger partial charge on any atom is 0.154 e. The van der Waals surface area contributed by atoms with Crippen molar-refractivity contribution < 1.29 is 13.6 Å². The average molecular weight is 237 g/mol. The quantitative estimate of drug-likeness (QED) is 0.788. The third kappa shape index (κ3) is 3.63. The van der Waals surface area contributed by atoms with E-state index in [1.807, 2.05) is 6.92 Å². The molecule has 0 fully saturated rings. The van der Waals surface area contributed by atoms with Gasteiger partial charge in [0.2, 0.25) is 0 Å². The van der Waals surface area contributed by atoms with Crippen LogP contribution >= 0.6 is 0 Å². The Bertz CT molecular complexity index is 431. The minimum Gasteiger partial charge on any atom is -0.298 e. The van der Waals surface area contributed by atoms with E-state index in [9.17, 15) is 13.6 Å².